The maximum atomic E-state index is 15.3. The minimum atomic E-state index is -1.32. The summed E-state index contributed by atoms with van der Waals surface area (Å²) in [6.07, 6.45) is 5.12. The van der Waals surface area contributed by atoms with E-state index in [4.69, 9.17) is 9.84 Å². The second kappa shape index (κ2) is 13.3. The molecule has 0 saturated carbocycles. The lowest BCUT2D eigenvalue weighted by Gasteiger charge is -2.15. The van der Waals surface area contributed by atoms with Crippen LogP contribution in [-0.2, 0) is 16.0 Å². The summed E-state index contributed by atoms with van der Waals surface area (Å²) in [4.78, 5) is 27.8. The Morgan fingerprint density at radius 3 is 2.53 bits per heavy atom. The van der Waals surface area contributed by atoms with Crippen LogP contribution in [0.5, 0.6) is 0 Å². The molecule has 1 atom stereocenters. The predicted molar refractivity (Wildman–Crippen MR) is 142 cm³/mol. The van der Waals surface area contributed by atoms with Crippen molar-refractivity contribution in [2.24, 2.45) is 0 Å². The number of thiazole rings is 1. The number of carbonyl (C=O) groups excluding carboxylic acids is 1. The van der Waals surface area contributed by atoms with Crippen molar-refractivity contribution >= 4 is 34.4 Å². The van der Waals surface area contributed by atoms with Crippen molar-refractivity contribution in [2.45, 2.75) is 52.1 Å². The summed E-state index contributed by atoms with van der Waals surface area (Å²) >= 11 is 1.04. The van der Waals surface area contributed by atoms with Crippen LogP contribution in [0.25, 0.3) is 17.3 Å². The number of carboxylic acid groups (broad SMARTS) is 1. The predicted octanol–water partition coefficient (Wildman–Crippen LogP) is 7.11. The third-order valence-electron chi connectivity index (χ3n) is 6.07. The number of benzene rings is 2. The van der Waals surface area contributed by atoms with Crippen LogP contribution >= 0.6 is 11.3 Å². The standard InChI is InChI=1S/C28H29F3N2O4S/c1-4-5-8-19(37-3)11-10-17-7-6-9-20(25(17)31)24-15-38-28(32-24)33-26(34)18-13-22(29)21(23(30)14-18)12-16(2)27(35)36/h6-7,9,12-15,19H,4-5,8,10-11H2,1-3H3,(H,35,36)(H,32,33,34). The summed E-state index contributed by atoms with van der Waals surface area (Å²) in [6.45, 7) is 3.31. The third kappa shape index (κ3) is 7.29. The Labute approximate surface area is 223 Å². The molecule has 0 aliphatic rings. The molecule has 0 radical (unpaired) electrons. The topological polar surface area (TPSA) is 88.5 Å². The SMILES string of the molecule is CCCCC(CCc1cccc(-c2csc(NC(=O)c3cc(F)c(C=C(C)C(=O)O)c(F)c3)n2)c1F)OC. The quantitative estimate of drug-likeness (QED) is 0.237. The minimum Gasteiger partial charge on any atom is -0.478 e. The molecule has 0 aliphatic carbocycles. The summed E-state index contributed by atoms with van der Waals surface area (Å²) in [5.74, 6) is -4.70. The number of ether oxygens (including phenoxy) is 1. The van der Waals surface area contributed by atoms with Gasteiger partial charge in [-0.05, 0) is 56.0 Å². The molecule has 2 aromatic carbocycles. The summed E-state index contributed by atoms with van der Waals surface area (Å²) in [5.41, 5.74) is 0.00514. The molecule has 2 N–H and O–H groups in total. The molecule has 0 saturated heterocycles. The van der Waals surface area contributed by atoms with Gasteiger partial charge in [-0.25, -0.2) is 22.9 Å². The Morgan fingerprint density at radius 1 is 1.18 bits per heavy atom. The fourth-order valence-electron chi connectivity index (χ4n) is 3.85. The molecule has 6 nitrogen and oxygen atoms in total. The van der Waals surface area contributed by atoms with Crippen LogP contribution in [0.15, 0.2) is 41.3 Å². The molecule has 38 heavy (non-hydrogen) atoms. The molecular formula is C28H29F3N2O4S. The fourth-order valence-corrected chi connectivity index (χ4v) is 4.56. The highest BCUT2D eigenvalue weighted by atomic mass is 32.1. The van der Waals surface area contributed by atoms with E-state index in [9.17, 15) is 18.4 Å². The Balaban J connectivity index is 1.74. The van der Waals surface area contributed by atoms with E-state index in [-0.39, 0.29) is 27.9 Å². The molecule has 10 heteroatoms. The van der Waals surface area contributed by atoms with Crippen LogP contribution in [0.3, 0.4) is 0 Å². The zero-order valence-corrected chi connectivity index (χ0v) is 22.1. The van der Waals surface area contributed by atoms with E-state index in [1.54, 1.807) is 30.7 Å². The molecule has 1 heterocycles. The van der Waals surface area contributed by atoms with E-state index in [1.807, 2.05) is 0 Å². The van der Waals surface area contributed by atoms with E-state index in [0.717, 1.165) is 48.8 Å². The van der Waals surface area contributed by atoms with Gasteiger partial charge in [0.05, 0.1) is 11.8 Å². The van der Waals surface area contributed by atoms with E-state index in [2.05, 4.69) is 17.2 Å². The highest BCUT2D eigenvalue weighted by Gasteiger charge is 2.18. The average Bonchev–Trinajstić information content (AvgIpc) is 3.34. The lowest BCUT2D eigenvalue weighted by atomic mass is 10.00. The summed E-state index contributed by atoms with van der Waals surface area (Å²) in [6, 6.07) is 6.68. The molecular weight excluding hydrogens is 517 g/mol. The van der Waals surface area contributed by atoms with Crippen LogP contribution in [0.2, 0.25) is 0 Å². The van der Waals surface area contributed by atoms with Gasteiger partial charge in [0.1, 0.15) is 17.5 Å². The Hall–Kier alpha value is -3.50. The molecule has 202 valence electrons. The Kier molecular flexibility index (Phi) is 10.2. The highest BCUT2D eigenvalue weighted by molar-refractivity contribution is 7.14. The fraction of sp³-hybridized carbons (Fsp3) is 0.321. The van der Waals surface area contributed by atoms with Gasteiger partial charge < -0.3 is 9.84 Å². The highest BCUT2D eigenvalue weighted by Crippen LogP contribution is 2.30. The molecule has 0 bridgehead atoms. The van der Waals surface area contributed by atoms with Crippen molar-refractivity contribution in [1.82, 2.24) is 4.98 Å². The van der Waals surface area contributed by atoms with Crippen LogP contribution in [0.1, 0.15) is 61.0 Å². The number of carboxylic acids is 1. The van der Waals surface area contributed by atoms with E-state index >= 15 is 4.39 Å². The number of nitrogens with zero attached hydrogens (tertiary/aromatic N) is 1. The number of anilines is 1. The molecule has 3 rings (SSSR count). The van der Waals surface area contributed by atoms with Gasteiger partial charge in [-0.3, -0.25) is 10.1 Å². The van der Waals surface area contributed by atoms with E-state index in [1.165, 1.54) is 6.92 Å². The number of aliphatic carboxylic acids is 1. The first-order valence-electron chi connectivity index (χ1n) is 12.1. The van der Waals surface area contributed by atoms with Gasteiger partial charge in [0, 0.05) is 34.8 Å². The largest absolute Gasteiger partial charge is 0.478 e. The molecule has 1 aromatic heterocycles. The summed E-state index contributed by atoms with van der Waals surface area (Å²) in [5, 5.41) is 13.1. The average molecular weight is 547 g/mol. The van der Waals surface area contributed by atoms with Gasteiger partial charge in [-0.2, -0.15) is 0 Å². The number of rotatable bonds is 12. The number of aromatic nitrogens is 1. The monoisotopic (exact) mass is 546 g/mol. The van der Waals surface area contributed by atoms with Gasteiger partial charge >= 0.3 is 5.97 Å². The van der Waals surface area contributed by atoms with Crippen LogP contribution < -0.4 is 5.32 Å². The van der Waals surface area contributed by atoms with Crippen LogP contribution in [0, 0.1) is 17.5 Å². The first-order chi connectivity index (χ1) is 18.1. The maximum Gasteiger partial charge on any atom is 0.331 e. The van der Waals surface area contributed by atoms with Crippen molar-refractivity contribution in [2.75, 3.05) is 12.4 Å². The molecule has 0 fully saturated rings. The smallest absolute Gasteiger partial charge is 0.331 e. The third-order valence-corrected chi connectivity index (χ3v) is 6.83. The second-order valence-electron chi connectivity index (χ2n) is 8.80. The number of hydrogen-bond acceptors (Lipinski definition) is 5. The molecule has 1 amide bonds. The zero-order valence-electron chi connectivity index (χ0n) is 21.3. The zero-order chi connectivity index (χ0) is 27.8. The second-order valence-corrected chi connectivity index (χ2v) is 9.65. The van der Waals surface area contributed by atoms with Crippen molar-refractivity contribution in [3.63, 3.8) is 0 Å². The molecule has 0 aliphatic heterocycles. The molecule has 0 spiro atoms. The van der Waals surface area contributed by atoms with Gasteiger partial charge in [0.2, 0.25) is 0 Å². The van der Waals surface area contributed by atoms with E-state index < -0.39 is 34.9 Å². The van der Waals surface area contributed by atoms with Gasteiger partial charge in [-0.15, -0.1) is 11.3 Å². The Bertz CT molecular complexity index is 1320. The van der Waals surface area contributed by atoms with E-state index in [0.29, 0.717) is 24.1 Å². The summed E-state index contributed by atoms with van der Waals surface area (Å²) in [7, 11) is 1.66. The lowest BCUT2D eigenvalue weighted by molar-refractivity contribution is -0.132. The molecule has 1 unspecified atom stereocenters. The Morgan fingerprint density at radius 2 is 1.89 bits per heavy atom. The lowest BCUT2D eigenvalue weighted by Crippen LogP contribution is -2.13. The van der Waals surface area contributed by atoms with Crippen molar-refractivity contribution in [3.8, 4) is 11.3 Å². The number of aryl methyl sites for hydroxylation is 1. The first-order valence-corrected chi connectivity index (χ1v) is 13.0. The number of unbranched alkanes of at least 4 members (excludes halogenated alkanes) is 1. The number of nitrogens with one attached hydrogen (secondary N) is 1. The van der Waals surface area contributed by atoms with Crippen LogP contribution in [-0.4, -0.2) is 35.2 Å². The van der Waals surface area contributed by atoms with Crippen molar-refractivity contribution in [1.29, 1.82) is 0 Å². The summed E-state index contributed by atoms with van der Waals surface area (Å²) < 4.78 is 49.6. The van der Waals surface area contributed by atoms with Crippen molar-refractivity contribution in [3.05, 3.63) is 75.4 Å². The number of hydrogen-bond donors (Lipinski definition) is 2. The van der Waals surface area contributed by atoms with Crippen LogP contribution in [0.4, 0.5) is 18.3 Å². The van der Waals surface area contributed by atoms with Gasteiger partial charge in [0.15, 0.2) is 5.13 Å². The normalized spacial score (nSPS) is 12.4. The van der Waals surface area contributed by atoms with Gasteiger partial charge in [-0.1, -0.05) is 31.9 Å². The first kappa shape index (κ1) is 29.1. The number of carbonyl (C=O) groups is 2. The number of methoxy groups -OCH3 is 1. The molecule has 3 aromatic rings. The number of amides is 1. The van der Waals surface area contributed by atoms with Gasteiger partial charge in [0.25, 0.3) is 5.91 Å². The number of halogens is 3. The maximum absolute atomic E-state index is 15.3. The minimum absolute atomic E-state index is 0.0556. The van der Waals surface area contributed by atoms with Crippen molar-refractivity contribution < 1.29 is 32.6 Å².